The molecule has 0 saturated heterocycles. The molecule has 7 aliphatic carbocycles. The molecule has 0 aliphatic heterocycles. The maximum absolute atomic E-state index is 2.85. The molecule has 0 amide bonds. The number of rotatable bonds is 2. The molecule has 0 aromatic rings. The quantitative estimate of drug-likeness (QED) is 0.353. The van der Waals surface area contributed by atoms with Gasteiger partial charge in [0.1, 0.15) is 0 Å². The van der Waals surface area contributed by atoms with Gasteiger partial charge in [-0.3, -0.25) is 0 Å². The average molecular weight is 782 g/mol. The zero-order valence-corrected chi connectivity index (χ0v) is 32.8. The molecule has 0 nitrogen and oxygen atoms in total. The van der Waals surface area contributed by atoms with Crippen molar-refractivity contribution in [1.82, 2.24) is 0 Å². The maximum atomic E-state index is 2.85. The Hall–Kier alpha value is -0.760. The molecule has 0 heterocycles. The molecule has 43 heavy (non-hydrogen) atoms. The normalized spacial score (nSPS) is 48.1. The van der Waals surface area contributed by atoms with Crippen LogP contribution >= 0.6 is 0 Å². The van der Waals surface area contributed by atoms with E-state index in [2.05, 4.69) is 144 Å². The van der Waals surface area contributed by atoms with Crippen LogP contribution < -0.4 is 24.8 Å². The van der Waals surface area contributed by atoms with Gasteiger partial charge in [0.05, 0.1) is 0 Å². The first-order valence-corrected chi connectivity index (χ1v) is 22.2. The summed E-state index contributed by atoms with van der Waals surface area (Å²) in [6, 6.07) is 0. The minimum atomic E-state index is -2.58. The van der Waals surface area contributed by atoms with Crippen molar-refractivity contribution >= 4 is 3.26 Å². The third kappa shape index (κ3) is 3.47. The number of fused-ring (bicyclic) bond motifs is 8. The van der Waals surface area contributed by atoms with E-state index < -0.39 is 21.0 Å². The fourth-order valence-corrected chi connectivity index (χ4v) is 29.9. The molecule has 9 unspecified atom stereocenters. The van der Waals surface area contributed by atoms with Gasteiger partial charge in [0.15, 0.2) is 0 Å². The zero-order chi connectivity index (χ0) is 29.1. The molecule has 0 N–H and O–H groups in total. The minimum absolute atomic E-state index is 0. The number of allylic oxidation sites excluding steroid dienone is 16. The van der Waals surface area contributed by atoms with E-state index >= 15 is 0 Å². The Labute approximate surface area is 282 Å². The topological polar surface area (TPSA) is 0 Å². The van der Waals surface area contributed by atoms with Crippen LogP contribution in [0, 0.1) is 43.8 Å². The summed E-state index contributed by atoms with van der Waals surface area (Å²) in [5.74, 6) is 0.583. The molecule has 0 aromatic heterocycles. The Bertz CT molecular complexity index is 1470. The van der Waals surface area contributed by atoms with Gasteiger partial charge in [0.25, 0.3) is 0 Å². The second-order valence-electron chi connectivity index (χ2n) is 15.9. The summed E-state index contributed by atoms with van der Waals surface area (Å²) in [5.41, 5.74) is 1.86. The van der Waals surface area contributed by atoms with E-state index in [1.165, 1.54) is 38.5 Å². The van der Waals surface area contributed by atoms with E-state index in [1.807, 2.05) is 3.33 Å². The van der Waals surface area contributed by atoms with Crippen LogP contribution in [0.5, 0.6) is 0 Å². The van der Waals surface area contributed by atoms with Crippen molar-refractivity contribution in [3.63, 3.8) is 0 Å². The monoisotopic (exact) mass is 782 g/mol. The van der Waals surface area contributed by atoms with Gasteiger partial charge in [-0.25, -0.2) is 0 Å². The molecular weight excluding hydrogens is 730 g/mol. The summed E-state index contributed by atoms with van der Waals surface area (Å²) >= 11 is -2.58. The Morgan fingerprint density at radius 2 is 1.21 bits per heavy atom. The number of hydrogen-bond acceptors (Lipinski definition) is 0. The Morgan fingerprint density at radius 3 is 1.79 bits per heavy atom. The van der Waals surface area contributed by atoms with Crippen LogP contribution in [-0.2, 0) is 21.0 Å². The van der Waals surface area contributed by atoms with Crippen LogP contribution in [0.3, 0.4) is 0 Å². The third-order valence-corrected chi connectivity index (χ3v) is 29.7. The van der Waals surface area contributed by atoms with Gasteiger partial charge in [0.2, 0.25) is 0 Å². The second-order valence-corrected chi connectivity index (χ2v) is 26.0. The minimum Gasteiger partial charge on any atom is -1.00 e. The van der Waals surface area contributed by atoms with Crippen molar-refractivity contribution in [3.05, 3.63) is 94.0 Å². The van der Waals surface area contributed by atoms with E-state index in [-0.39, 0.29) is 62.7 Å². The molecule has 3 saturated carbocycles. The Kier molecular flexibility index (Phi) is 8.31. The summed E-state index contributed by atoms with van der Waals surface area (Å²) in [6.07, 6.45) is 43.8. The van der Waals surface area contributed by atoms with Crippen LogP contribution in [-0.4, -0.2) is 3.26 Å². The first-order valence-electron chi connectivity index (χ1n) is 16.6. The summed E-state index contributed by atoms with van der Waals surface area (Å²) in [5, 5.41) is 0. The van der Waals surface area contributed by atoms with E-state index in [0.717, 1.165) is 3.67 Å². The van der Waals surface area contributed by atoms with Gasteiger partial charge in [-0.2, -0.15) is 0 Å². The van der Waals surface area contributed by atoms with Gasteiger partial charge in [-0.05, 0) is 0 Å². The molecule has 0 bridgehead atoms. The van der Waals surface area contributed by atoms with Crippen molar-refractivity contribution in [2.24, 2.45) is 43.8 Å². The molecule has 230 valence electrons. The van der Waals surface area contributed by atoms with Crippen LogP contribution in [0.25, 0.3) is 0 Å². The molecular formula is C40H52Cl2Hf. The first kappa shape index (κ1) is 33.6. The van der Waals surface area contributed by atoms with E-state index in [9.17, 15) is 0 Å². The predicted molar refractivity (Wildman–Crippen MR) is 173 cm³/mol. The standard InChI is InChI=1S/C29H37.C6H10.C5H5.2ClH.Hf/c1-21-14-13-15-22-20-27(6)25(4)18-10-9-16-23(25,2)24(3)17-11-12-19-26(24,5)29(27,8)28(21,22)7;1-2-4-6-5-3-1;1-2-4-5-3-1;;;/h9-20,22H,1-8H3;1-5H2;1-3H,4H2;2*1H;/q;;;;;+2/p-2. The van der Waals surface area contributed by atoms with Crippen molar-refractivity contribution in [3.8, 4) is 0 Å². The number of halogens is 2. The van der Waals surface area contributed by atoms with Crippen molar-refractivity contribution in [1.29, 1.82) is 0 Å². The first-order chi connectivity index (χ1) is 19.4. The molecule has 3 fully saturated rings. The summed E-state index contributed by atoms with van der Waals surface area (Å²) in [7, 11) is 0. The summed E-state index contributed by atoms with van der Waals surface area (Å²) in [6.45, 7) is 21.5. The van der Waals surface area contributed by atoms with Gasteiger partial charge in [0, 0.05) is 0 Å². The molecule has 0 spiro atoms. The van der Waals surface area contributed by atoms with Crippen LogP contribution in [0.2, 0.25) is 3.67 Å². The van der Waals surface area contributed by atoms with Crippen molar-refractivity contribution < 1.29 is 45.8 Å². The van der Waals surface area contributed by atoms with E-state index in [1.54, 1.807) is 5.57 Å². The third-order valence-electron chi connectivity index (χ3n) is 15.8. The maximum Gasteiger partial charge on any atom is -1.00 e. The molecule has 0 aromatic carbocycles. The second kappa shape index (κ2) is 10.6. The van der Waals surface area contributed by atoms with Gasteiger partial charge < -0.3 is 24.8 Å². The van der Waals surface area contributed by atoms with E-state index in [0.29, 0.717) is 5.92 Å². The smallest absolute Gasteiger partial charge is 1.00 e. The van der Waals surface area contributed by atoms with Crippen LogP contribution in [0.1, 0.15) is 93.9 Å². The molecule has 7 aliphatic rings. The molecule has 7 rings (SSSR count). The summed E-state index contributed by atoms with van der Waals surface area (Å²) in [4.78, 5) is 0. The van der Waals surface area contributed by atoms with Gasteiger partial charge >= 0.3 is 260 Å². The SMILES string of the molecule is CC1=CC=CC2[CH]([Hf+2]([C]3=CC=CC3)=[C]3CCCCC3)C3(C)C4(C)C=CC=CC4(C)C4(C)C=CC=CC4(C)C3(C)C12C.[Cl-].[Cl-]. The Balaban J connectivity index is 0.00000184. The molecule has 9 atom stereocenters. The fourth-order valence-electron chi connectivity index (χ4n) is 12.8. The molecule has 0 radical (unpaired) electrons. The van der Waals surface area contributed by atoms with Crippen LogP contribution in [0.4, 0.5) is 0 Å². The van der Waals surface area contributed by atoms with Crippen molar-refractivity contribution in [2.75, 3.05) is 0 Å². The van der Waals surface area contributed by atoms with Gasteiger partial charge in [-0.15, -0.1) is 0 Å². The van der Waals surface area contributed by atoms with Crippen molar-refractivity contribution in [2.45, 2.75) is 97.6 Å². The largest absolute Gasteiger partial charge is 1.00 e. The van der Waals surface area contributed by atoms with Crippen LogP contribution in [0.15, 0.2) is 94.0 Å². The van der Waals surface area contributed by atoms with E-state index in [4.69, 9.17) is 0 Å². The molecule has 3 heteroatoms. The predicted octanol–water partition coefficient (Wildman–Crippen LogP) is 4.84. The summed E-state index contributed by atoms with van der Waals surface area (Å²) < 4.78 is 4.72. The average Bonchev–Trinajstić information content (AvgIpc) is 3.55. The Morgan fingerprint density at radius 1 is 0.651 bits per heavy atom. The van der Waals surface area contributed by atoms with Gasteiger partial charge in [-0.1, -0.05) is 0 Å². The number of hydrogen-bond donors (Lipinski definition) is 0. The fraction of sp³-hybridized carbons (Fsp3) is 0.575. The zero-order valence-electron chi connectivity index (χ0n) is 27.7.